The number of carbonyl (C=O) groups is 2. The van der Waals surface area contributed by atoms with Gasteiger partial charge < -0.3 is 10.2 Å². The zero-order valence-corrected chi connectivity index (χ0v) is 21.9. The topological polar surface area (TPSA) is 81.1 Å². The molecule has 0 aromatic carbocycles. The fourth-order valence-electron chi connectivity index (χ4n) is 6.94. The molecule has 2 aliphatic heterocycles. The molecule has 0 radical (unpaired) electrons. The van der Waals surface area contributed by atoms with Crippen molar-refractivity contribution in [3.63, 3.8) is 0 Å². The molecule has 2 saturated heterocycles. The minimum atomic E-state index is -0.563. The van der Waals surface area contributed by atoms with E-state index >= 15 is 0 Å². The number of rotatable bonds is 8. The average molecular weight is 465 g/mol. The smallest absolute Gasteiger partial charge is 0.310 e. The molecule has 0 aromatic heterocycles. The van der Waals surface area contributed by atoms with Crippen LogP contribution in [-0.4, -0.2) is 69.2 Å². The van der Waals surface area contributed by atoms with E-state index in [2.05, 4.69) is 51.3 Å². The van der Waals surface area contributed by atoms with Gasteiger partial charge in [0.2, 0.25) is 0 Å². The standard InChI is InChI=1S/C14H25NO2.C13H23NO2/c1-4-14(3,5-2)15-8-10-6-7-11(9-15)12(10)13(16)17;1-4-12(3,5-2)14-7-6-13(11(15)16)8-10(13)9-14/h10-12H,4-9H2,1-3H3,(H,16,17);10H,4-9H2,1-3H3,(H,15,16). The Bertz CT molecular complexity index is 703. The highest BCUT2D eigenvalue weighted by Crippen LogP contribution is 2.59. The summed E-state index contributed by atoms with van der Waals surface area (Å²) in [4.78, 5) is 27.6. The monoisotopic (exact) mass is 464 g/mol. The number of hydrogen-bond acceptors (Lipinski definition) is 4. The van der Waals surface area contributed by atoms with Crippen molar-refractivity contribution in [1.29, 1.82) is 0 Å². The maximum absolute atomic E-state index is 11.3. The van der Waals surface area contributed by atoms with Gasteiger partial charge in [0.1, 0.15) is 0 Å². The summed E-state index contributed by atoms with van der Waals surface area (Å²) in [6.07, 6.45) is 8.59. The first-order valence-corrected chi connectivity index (χ1v) is 13.5. The predicted octanol–water partition coefficient (Wildman–Crippen LogP) is 4.97. The Morgan fingerprint density at radius 3 is 1.73 bits per heavy atom. The third kappa shape index (κ3) is 4.84. The first-order chi connectivity index (χ1) is 15.5. The summed E-state index contributed by atoms with van der Waals surface area (Å²) < 4.78 is 0. The van der Waals surface area contributed by atoms with Crippen molar-refractivity contribution in [2.75, 3.05) is 26.2 Å². The van der Waals surface area contributed by atoms with Gasteiger partial charge in [-0.2, -0.15) is 0 Å². The van der Waals surface area contributed by atoms with E-state index in [1.807, 2.05) is 0 Å². The van der Waals surface area contributed by atoms with Crippen LogP contribution in [0, 0.1) is 29.1 Å². The highest BCUT2D eigenvalue weighted by atomic mass is 16.4. The normalized spacial score (nSPS) is 34.2. The highest BCUT2D eigenvalue weighted by Gasteiger charge is 2.63. The summed E-state index contributed by atoms with van der Waals surface area (Å²) in [5, 5.41) is 18.5. The first-order valence-electron chi connectivity index (χ1n) is 13.5. The molecule has 6 nitrogen and oxygen atoms in total. The van der Waals surface area contributed by atoms with Crippen LogP contribution in [0.3, 0.4) is 0 Å². The Balaban J connectivity index is 0.000000186. The van der Waals surface area contributed by atoms with Crippen LogP contribution in [0.5, 0.6) is 0 Å². The van der Waals surface area contributed by atoms with Crippen molar-refractivity contribution in [2.24, 2.45) is 29.1 Å². The molecule has 4 unspecified atom stereocenters. The van der Waals surface area contributed by atoms with Crippen molar-refractivity contribution in [1.82, 2.24) is 9.80 Å². The lowest BCUT2D eigenvalue weighted by Crippen LogP contribution is -2.54. The van der Waals surface area contributed by atoms with Crippen molar-refractivity contribution in [3.8, 4) is 0 Å². The third-order valence-corrected chi connectivity index (χ3v) is 10.6. The molecule has 0 spiro atoms. The Morgan fingerprint density at radius 1 is 0.848 bits per heavy atom. The van der Waals surface area contributed by atoms with E-state index < -0.39 is 11.9 Å². The molecule has 4 rings (SSSR count). The SMILES string of the molecule is CCC(C)(CC)N1CC2CCC(C1)C2C(=O)O.CCC(C)(CC)N1CCC2(C(=O)O)CC2C1. The first kappa shape index (κ1) is 26.5. The lowest BCUT2D eigenvalue weighted by Gasteiger charge is -2.46. The second-order valence-corrected chi connectivity index (χ2v) is 11.8. The molecule has 2 saturated carbocycles. The van der Waals surface area contributed by atoms with E-state index in [1.54, 1.807) is 0 Å². The quantitative estimate of drug-likeness (QED) is 0.528. The number of aliphatic carboxylic acids is 2. The van der Waals surface area contributed by atoms with Crippen LogP contribution >= 0.6 is 0 Å². The highest BCUT2D eigenvalue weighted by molar-refractivity contribution is 5.79. The predicted molar refractivity (Wildman–Crippen MR) is 131 cm³/mol. The molecular formula is C27H48N2O4. The number of carboxylic acid groups (broad SMARTS) is 2. The Hall–Kier alpha value is -1.14. The molecule has 2 bridgehead atoms. The second-order valence-electron chi connectivity index (χ2n) is 11.8. The van der Waals surface area contributed by atoms with Crippen LogP contribution in [0.15, 0.2) is 0 Å². The molecule has 2 N–H and O–H groups in total. The van der Waals surface area contributed by atoms with E-state index in [1.165, 1.54) is 0 Å². The number of likely N-dealkylation sites (tertiary alicyclic amines) is 2. The van der Waals surface area contributed by atoms with Crippen molar-refractivity contribution < 1.29 is 19.8 Å². The van der Waals surface area contributed by atoms with Gasteiger partial charge >= 0.3 is 11.9 Å². The van der Waals surface area contributed by atoms with E-state index in [4.69, 9.17) is 0 Å². The minimum absolute atomic E-state index is 0.0655. The summed E-state index contributed by atoms with van der Waals surface area (Å²) in [5.41, 5.74) is 0.205. The van der Waals surface area contributed by atoms with Crippen LogP contribution in [-0.2, 0) is 9.59 Å². The number of hydrogen-bond donors (Lipinski definition) is 2. The Labute approximate surface area is 201 Å². The van der Waals surface area contributed by atoms with Crippen molar-refractivity contribution in [2.45, 2.75) is 104 Å². The number of carboxylic acids is 2. The maximum atomic E-state index is 11.3. The van der Waals surface area contributed by atoms with E-state index in [9.17, 15) is 19.8 Å². The van der Waals surface area contributed by atoms with E-state index in [0.717, 1.165) is 77.5 Å². The van der Waals surface area contributed by atoms with Gasteiger partial charge in [0.25, 0.3) is 0 Å². The molecule has 2 heterocycles. The van der Waals surface area contributed by atoms with Gasteiger partial charge in [0.15, 0.2) is 0 Å². The van der Waals surface area contributed by atoms with Gasteiger partial charge in [0, 0.05) is 30.7 Å². The van der Waals surface area contributed by atoms with E-state index in [0.29, 0.717) is 17.8 Å². The van der Waals surface area contributed by atoms with Gasteiger partial charge in [-0.05, 0) is 89.5 Å². The Kier molecular flexibility index (Phi) is 7.90. The van der Waals surface area contributed by atoms with E-state index in [-0.39, 0.29) is 22.4 Å². The molecule has 0 amide bonds. The molecule has 0 aromatic rings. The summed E-state index contributed by atoms with van der Waals surface area (Å²) in [6.45, 7) is 17.5. The van der Waals surface area contributed by atoms with Crippen LogP contribution < -0.4 is 0 Å². The lowest BCUT2D eigenvalue weighted by molar-refractivity contribution is -0.148. The molecule has 190 valence electrons. The summed E-state index contributed by atoms with van der Waals surface area (Å²) in [6, 6.07) is 0. The van der Waals surface area contributed by atoms with Gasteiger partial charge in [-0.3, -0.25) is 19.4 Å². The molecule has 2 aliphatic carbocycles. The fourth-order valence-corrected chi connectivity index (χ4v) is 6.94. The fraction of sp³-hybridized carbons (Fsp3) is 0.926. The maximum Gasteiger partial charge on any atom is 0.310 e. The largest absolute Gasteiger partial charge is 0.481 e. The zero-order chi connectivity index (χ0) is 24.6. The molecule has 6 heteroatoms. The number of piperidine rings is 2. The van der Waals surface area contributed by atoms with Crippen molar-refractivity contribution in [3.05, 3.63) is 0 Å². The zero-order valence-electron chi connectivity index (χ0n) is 21.9. The van der Waals surface area contributed by atoms with Gasteiger partial charge in [-0.25, -0.2) is 0 Å². The minimum Gasteiger partial charge on any atom is -0.481 e. The molecule has 4 atom stereocenters. The summed E-state index contributed by atoms with van der Waals surface area (Å²) in [7, 11) is 0. The van der Waals surface area contributed by atoms with Gasteiger partial charge in [-0.15, -0.1) is 0 Å². The number of fused-ring (bicyclic) bond motifs is 3. The molecular weight excluding hydrogens is 416 g/mol. The second kappa shape index (κ2) is 9.85. The molecule has 4 fully saturated rings. The van der Waals surface area contributed by atoms with Crippen molar-refractivity contribution >= 4 is 11.9 Å². The Morgan fingerprint density at radius 2 is 1.33 bits per heavy atom. The van der Waals surface area contributed by atoms with Crippen LogP contribution in [0.2, 0.25) is 0 Å². The number of nitrogens with zero attached hydrogens (tertiary/aromatic N) is 2. The molecule has 4 aliphatic rings. The third-order valence-electron chi connectivity index (χ3n) is 10.6. The van der Waals surface area contributed by atoms with Gasteiger partial charge in [0.05, 0.1) is 11.3 Å². The summed E-state index contributed by atoms with van der Waals surface area (Å²) in [5.74, 6) is 0.00596. The van der Waals surface area contributed by atoms with Crippen LogP contribution in [0.1, 0.15) is 92.9 Å². The average Bonchev–Trinajstić information content (AvgIpc) is 3.50. The van der Waals surface area contributed by atoms with Crippen LogP contribution in [0.4, 0.5) is 0 Å². The molecule has 33 heavy (non-hydrogen) atoms. The summed E-state index contributed by atoms with van der Waals surface area (Å²) >= 11 is 0. The lowest BCUT2D eigenvalue weighted by atomic mass is 9.81. The van der Waals surface area contributed by atoms with Crippen LogP contribution in [0.25, 0.3) is 0 Å². The van der Waals surface area contributed by atoms with Gasteiger partial charge in [-0.1, -0.05) is 27.7 Å².